The van der Waals surface area contributed by atoms with Crippen LogP contribution in [0.2, 0.25) is 0 Å². The van der Waals surface area contributed by atoms with Crippen molar-refractivity contribution in [1.82, 2.24) is 9.21 Å². The average Bonchev–Trinajstić information content (AvgIpc) is 2.83. The zero-order valence-electron chi connectivity index (χ0n) is 18.3. The predicted molar refractivity (Wildman–Crippen MR) is 118 cm³/mol. The van der Waals surface area contributed by atoms with Gasteiger partial charge in [0.15, 0.2) is 0 Å². The lowest BCUT2D eigenvalue weighted by molar-refractivity contribution is -0.137. The Bertz CT molecular complexity index is 1130. The van der Waals surface area contributed by atoms with Crippen molar-refractivity contribution in [3.63, 3.8) is 0 Å². The van der Waals surface area contributed by atoms with Gasteiger partial charge in [-0.2, -0.15) is 17.5 Å². The van der Waals surface area contributed by atoms with Crippen LogP contribution in [0.25, 0.3) is 0 Å². The molecule has 0 N–H and O–H groups in total. The van der Waals surface area contributed by atoms with E-state index in [-0.39, 0.29) is 23.9 Å². The first-order valence-corrected chi connectivity index (χ1v) is 12.5. The van der Waals surface area contributed by atoms with Crippen LogP contribution in [0.5, 0.6) is 0 Å². The van der Waals surface area contributed by atoms with E-state index in [2.05, 4.69) is 0 Å². The molecule has 2 fully saturated rings. The van der Waals surface area contributed by atoms with Gasteiger partial charge in [0.05, 0.1) is 16.4 Å². The first-order valence-electron chi connectivity index (χ1n) is 11.0. The molecular weight excluding hydrogens is 474 g/mol. The molecule has 34 heavy (non-hydrogen) atoms. The van der Waals surface area contributed by atoms with E-state index in [1.165, 1.54) is 22.5 Å². The maximum absolute atomic E-state index is 13.2. The van der Waals surface area contributed by atoms with Gasteiger partial charge in [0.25, 0.3) is 0 Å². The van der Waals surface area contributed by atoms with E-state index >= 15 is 0 Å². The van der Waals surface area contributed by atoms with Crippen molar-refractivity contribution in [1.29, 1.82) is 0 Å². The number of carbonyl (C=O) groups excluding carboxylic acids is 1. The van der Waals surface area contributed by atoms with Crippen LogP contribution >= 0.6 is 0 Å². The Morgan fingerprint density at radius 3 is 2.26 bits per heavy atom. The molecule has 0 bridgehead atoms. The lowest BCUT2D eigenvalue weighted by Gasteiger charge is -2.39. The number of piperidine rings is 1. The zero-order chi connectivity index (χ0) is 24.5. The Labute approximate surface area is 195 Å². The van der Waals surface area contributed by atoms with Crippen LogP contribution in [0.15, 0.2) is 53.4 Å². The molecule has 2 aliphatic heterocycles. The molecule has 1 atom stereocenters. The highest BCUT2D eigenvalue weighted by Crippen LogP contribution is 2.32. The van der Waals surface area contributed by atoms with Crippen molar-refractivity contribution in [3.05, 3.63) is 59.9 Å². The van der Waals surface area contributed by atoms with Crippen molar-refractivity contribution in [2.45, 2.75) is 23.9 Å². The standard InChI is InChI=1S/C23H25F4N3O3S/c24-19-6-8-21(9-7-19)34(32,33)30-10-2-3-17(16-30)22(31)29-13-11-28(12-14-29)20-5-1-4-18(15-20)23(25,26)27/h1,4-9,15,17H,2-3,10-14,16H2/t17-/m1/s1. The number of carbonyl (C=O) groups is 1. The van der Waals surface area contributed by atoms with E-state index in [0.717, 1.165) is 24.3 Å². The number of sulfonamides is 1. The summed E-state index contributed by atoms with van der Waals surface area (Å²) in [6, 6.07) is 9.72. The molecule has 2 heterocycles. The van der Waals surface area contributed by atoms with Crippen LogP contribution in [0.1, 0.15) is 18.4 Å². The average molecular weight is 500 g/mol. The molecule has 2 aliphatic rings. The Kier molecular flexibility index (Phi) is 6.86. The molecule has 184 valence electrons. The number of alkyl halides is 3. The van der Waals surface area contributed by atoms with E-state index in [9.17, 15) is 30.8 Å². The summed E-state index contributed by atoms with van der Waals surface area (Å²) >= 11 is 0. The first kappa shape index (κ1) is 24.5. The van der Waals surface area contributed by atoms with Crippen LogP contribution in [-0.2, 0) is 21.0 Å². The van der Waals surface area contributed by atoms with Crippen LogP contribution in [0.4, 0.5) is 23.2 Å². The van der Waals surface area contributed by atoms with Gasteiger partial charge in [0.2, 0.25) is 15.9 Å². The second kappa shape index (κ2) is 9.53. The van der Waals surface area contributed by atoms with Crippen molar-refractivity contribution in [3.8, 4) is 0 Å². The third kappa shape index (κ3) is 5.20. The highest BCUT2D eigenvalue weighted by molar-refractivity contribution is 7.89. The topological polar surface area (TPSA) is 60.9 Å². The minimum atomic E-state index is -4.42. The molecule has 0 radical (unpaired) electrons. The quantitative estimate of drug-likeness (QED) is 0.604. The predicted octanol–water partition coefficient (Wildman–Crippen LogP) is 3.59. The fraction of sp³-hybridized carbons (Fsp3) is 0.435. The van der Waals surface area contributed by atoms with Crippen molar-refractivity contribution < 1.29 is 30.8 Å². The van der Waals surface area contributed by atoms with Gasteiger partial charge in [0.1, 0.15) is 5.82 Å². The fourth-order valence-electron chi connectivity index (χ4n) is 4.44. The van der Waals surface area contributed by atoms with Gasteiger partial charge in [-0.1, -0.05) is 6.07 Å². The second-order valence-corrected chi connectivity index (χ2v) is 10.5. The summed E-state index contributed by atoms with van der Waals surface area (Å²) < 4.78 is 79.4. The number of halogens is 4. The SMILES string of the molecule is O=C([C@@H]1CCCN(S(=O)(=O)c2ccc(F)cc2)C1)N1CCN(c2cccc(C(F)(F)F)c2)CC1. The summed E-state index contributed by atoms with van der Waals surface area (Å²) in [5.41, 5.74) is -0.260. The lowest BCUT2D eigenvalue weighted by atomic mass is 9.97. The molecular formula is C23H25F4N3O3S. The molecule has 0 aromatic heterocycles. The monoisotopic (exact) mass is 499 g/mol. The molecule has 0 spiro atoms. The normalized spacial score (nSPS) is 20.4. The molecule has 11 heteroatoms. The van der Waals surface area contributed by atoms with E-state index in [1.807, 2.05) is 4.90 Å². The number of hydrogen-bond donors (Lipinski definition) is 0. The Hall–Kier alpha value is -2.66. The van der Waals surface area contributed by atoms with Gasteiger partial charge in [0, 0.05) is 45.0 Å². The molecule has 2 aromatic rings. The second-order valence-electron chi connectivity index (χ2n) is 8.52. The largest absolute Gasteiger partial charge is 0.416 e. The van der Waals surface area contributed by atoms with Crippen molar-refractivity contribution in [2.24, 2.45) is 5.92 Å². The lowest BCUT2D eigenvalue weighted by Crippen LogP contribution is -2.53. The Morgan fingerprint density at radius 2 is 1.62 bits per heavy atom. The first-order chi connectivity index (χ1) is 16.1. The maximum atomic E-state index is 13.2. The van der Waals surface area contributed by atoms with Crippen molar-refractivity contribution in [2.75, 3.05) is 44.2 Å². The molecule has 0 saturated carbocycles. The maximum Gasteiger partial charge on any atom is 0.416 e. The van der Waals surface area contributed by atoms with Gasteiger partial charge in [-0.15, -0.1) is 0 Å². The number of anilines is 1. The molecule has 1 amide bonds. The Balaban J connectivity index is 1.38. The number of nitrogens with zero attached hydrogens (tertiary/aromatic N) is 3. The van der Waals surface area contributed by atoms with Crippen molar-refractivity contribution >= 4 is 21.6 Å². The highest BCUT2D eigenvalue weighted by atomic mass is 32.2. The third-order valence-corrected chi connectivity index (χ3v) is 8.19. The van der Waals surface area contributed by atoms with E-state index in [1.54, 1.807) is 11.0 Å². The van der Waals surface area contributed by atoms with Gasteiger partial charge >= 0.3 is 6.18 Å². The molecule has 4 rings (SSSR count). The molecule has 0 unspecified atom stereocenters. The number of amides is 1. The molecule has 2 aromatic carbocycles. The minimum absolute atomic E-state index is 0.0169. The van der Waals surface area contributed by atoms with Gasteiger partial charge in [-0.3, -0.25) is 4.79 Å². The summed E-state index contributed by atoms with van der Waals surface area (Å²) in [6.07, 6.45) is -3.34. The van der Waals surface area contributed by atoms with E-state index < -0.39 is 33.5 Å². The number of piperazine rings is 1. The summed E-state index contributed by atoms with van der Waals surface area (Å²) in [4.78, 5) is 16.6. The van der Waals surface area contributed by atoms with Gasteiger partial charge in [-0.05, 0) is 55.3 Å². The third-order valence-electron chi connectivity index (χ3n) is 6.31. The minimum Gasteiger partial charge on any atom is -0.368 e. The smallest absolute Gasteiger partial charge is 0.368 e. The fourth-order valence-corrected chi connectivity index (χ4v) is 5.96. The molecule has 6 nitrogen and oxygen atoms in total. The van der Waals surface area contributed by atoms with Crippen LogP contribution in [0.3, 0.4) is 0 Å². The van der Waals surface area contributed by atoms with Crippen LogP contribution < -0.4 is 4.90 Å². The number of benzene rings is 2. The summed E-state index contributed by atoms with van der Waals surface area (Å²) in [5, 5.41) is 0. The van der Waals surface area contributed by atoms with E-state index in [0.29, 0.717) is 44.7 Å². The summed E-state index contributed by atoms with van der Waals surface area (Å²) in [5.74, 6) is -1.18. The summed E-state index contributed by atoms with van der Waals surface area (Å²) in [7, 11) is -3.84. The zero-order valence-corrected chi connectivity index (χ0v) is 19.2. The van der Waals surface area contributed by atoms with Crippen LogP contribution in [-0.4, -0.2) is 62.8 Å². The summed E-state index contributed by atoms with van der Waals surface area (Å²) in [6.45, 7) is 1.79. The van der Waals surface area contributed by atoms with E-state index in [4.69, 9.17) is 0 Å². The molecule has 0 aliphatic carbocycles. The Morgan fingerprint density at radius 1 is 0.941 bits per heavy atom. The molecule has 2 saturated heterocycles. The number of hydrogen-bond acceptors (Lipinski definition) is 4. The van der Waals surface area contributed by atoms with Gasteiger partial charge in [-0.25, -0.2) is 12.8 Å². The highest BCUT2D eigenvalue weighted by Gasteiger charge is 2.36. The van der Waals surface area contributed by atoms with Crippen LogP contribution in [0, 0.1) is 11.7 Å². The number of rotatable bonds is 4. The van der Waals surface area contributed by atoms with Gasteiger partial charge < -0.3 is 9.80 Å².